The average Bonchev–Trinajstić information content (AvgIpc) is 3.21. The smallest absolute Gasteiger partial charge is 0.0489 e. The lowest BCUT2D eigenvalue weighted by Gasteiger charge is -2.27. The first-order chi connectivity index (χ1) is 12.3. The first-order valence-corrected chi connectivity index (χ1v) is 11.0. The molecule has 0 saturated heterocycles. The van der Waals surface area contributed by atoms with E-state index < -0.39 is 0 Å². The van der Waals surface area contributed by atoms with Crippen molar-refractivity contribution in [3.8, 4) is 0 Å². The molecule has 2 rings (SSSR count). The van der Waals surface area contributed by atoms with E-state index in [1.54, 1.807) is 5.57 Å². The highest BCUT2D eigenvalue weighted by molar-refractivity contribution is 7.97. The summed E-state index contributed by atoms with van der Waals surface area (Å²) in [6.07, 6.45) is 14.3. The summed E-state index contributed by atoms with van der Waals surface area (Å²) in [4.78, 5) is 0. The minimum absolute atomic E-state index is 0.576. The highest BCUT2D eigenvalue weighted by Gasteiger charge is 2.21. The molecule has 25 heavy (non-hydrogen) atoms. The molecule has 3 nitrogen and oxygen atoms in total. The Bertz CT molecular complexity index is 452. The second-order valence-electron chi connectivity index (χ2n) is 5.68. The summed E-state index contributed by atoms with van der Waals surface area (Å²) in [6.45, 7) is 14.6. The van der Waals surface area contributed by atoms with Crippen molar-refractivity contribution in [1.82, 2.24) is 14.5 Å². The molecule has 1 N–H and O–H groups in total. The van der Waals surface area contributed by atoms with E-state index in [2.05, 4.69) is 52.8 Å². The van der Waals surface area contributed by atoms with Crippen molar-refractivity contribution in [2.24, 2.45) is 11.8 Å². The van der Waals surface area contributed by atoms with E-state index in [-0.39, 0.29) is 0 Å². The Morgan fingerprint density at radius 3 is 2.60 bits per heavy atom. The average molecular weight is 366 g/mol. The van der Waals surface area contributed by atoms with Crippen molar-refractivity contribution in [2.45, 2.75) is 67.3 Å². The van der Waals surface area contributed by atoms with Crippen molar-refractivity contribution < 1.29 is 0 Å². The van der Waals surface area contributed by atoms with Crippen molar-refractivity contribution in [2.75, 3.05) is 12.3 Å². The van der Waals surface area contributed by atoms with Gasteiger partial charge in [0, 0.05) is 31.2 Å². The maximum atomic E-state index is 4.38. The van der Waals surface area contributed by atoms with Gasteiger partial charge < -0.3 is 0 Å². The minimum Gasteiger partial charge on any atom is -0.272 e. The molecule has 0 aliphatic heterocycles. The van der Waals surface area contributed by atoms with Crippen molar-refractivity contribution >= 4 is 11.9 Å². The second kappa shape index (κ2) is 16.5. The second-order valence-corrected chi connectivity index (χ2v) is 6.67. The van der Waals surface area contributed by atoms with Crippen molar-refractivity contribution in [1.29, 1.82) is 0 Å². The molecule has 1 heterocycles. The molecule has 0 fully saturated rings. The van der Waals surface area contributed by atoms with E-state index in [1.807, 2.05) is 51.9 Å². The third-order valence-electron chi connectivity index (χ3n) is 4.07. The van der Waals surface area contributed by atoms with Crippen LogP contribution in [0.25, 0.3) is 0 Å². The van der Waals surface area contributed by atoms with Crippen LogP contribution in [-0.2, 0) is 6.54 Å². The maximum absolute atomic E-state index is 4.38. The zero-order valence-electron chi connectivity index (χ0n) is 17.2. The van der Waals surface area contributed by atoms with Gasteiger partial charge in [-0.05, 0) is 37.2 Å². The number of nitrogens with one attached hydrogen (secondary N) is 1. The maximum Gasteiger partial charge on any atom is 0.0489 e. The molecule has 0 spiro atoms. The van der Waals surface area contributed by atoms with E-state index >= 15 is 0 Å². The molecule has 2 atom stereocenters. The molecule has 0 radical (unpaired) electrons. The topological polar surface area (TPSA) is 29.9 Å². The monoisotopic (exact) mass is 365 g/mol. The van der Waals surface area contributed by atoms with Gasteiger partial charge in [-0.2, -0.15) is 5.10 Å². The van der Waals surface area contributed by atoms with Crippen LogP contribution in [-0.4, -0.2) is 22.1 Å². The van der Waals surface area contributed by atoms with Crippen LogP contribution >= 0.6 is 11.9 Å². The van der Waals surface area contributed by atoms with Crippen LogP contribution in [0.4, 0.5) is 0 Å². The molecule has 0 bridgehead atoms. The molecule has 2 unspecified atom stereocenters. The summed E-state index contributed by atoms with van der Waals surface area (Å²) in [5.41, 5.74) is 1.58. The minimum atomic E-state index is 0.576. The number of hydrogen-bond acceptors (Lipinski definition) is 3. The van der Waals surface area contributed by atoms with Gasteiger partial charge in [0.25, 0.3) is 0 Å². The zero-order valence-corrected chi connectivity index (χ0v) is 18.0. The molecule has 1 aromatic heterocycles. The highest BCUT2D eigenvalue weighted by Crippen LogP contribution is 2.28. The number of aromatic nitrogens is 2. The Kier molecular flexibility index (Phi) is 15.8. The fourth-order valence-corrected chi connectivity index (χ4v) is 3.37. The third kappa shape index (κ3) is 9.91. The third-order valence-corrected chi connectivity index (χ3v) is 5.06. The molecular weight excluding hydrogens is 326 g/mol. The fraction of sp³-hybridized carbons (Fsp3) is 0.667. The largest absolute Gasteiger partial charge is 0.272 e. The molecular formula is C21H39N3S. The molecule has 1 aromatic rings. The Morgan fingerprint density at radius 1 is 1.28 bits per heavy atom. The summed E-state index contributed by atoms with van der Waals surface area (Å²) in [5, 5.41) is 4.38. The quantitative estimate of drug-likeness (QED) is 0.423. The molecule has 0 saturated carbocycles. The summed E-state index contributed by atoms with van der Waals surface area (Å²) >= 11 is 1.85. The number of nitrogens with zero attached hydrogens (tertiary/aromatic N) is 2. The van der Waals surface area contributed by atoms with Gasteiger partial charge in [0.2, 0.25) is 0 Å². The van der Waals surface area contributed by atoms with E-state index in [0.29, 0.717) is 11.8 Å². The normalized spacial score (nSPS) is 15.2. The van der Waals surface area contributed by atoms with Gasteiger partial charge in [-0.1, -0.05) is 77.3 Å². The first-order valence-electron chi connectivity index (χ1n) is 9.99. The molecule has 0 amide bonds. The first kappa shape index (κ1) is 24.0. The Labute approximate surface area is 160 Å². The standard InChI is InChI=1S/C17H27N3S.2C2H6/c1-3-12-21-19-13-17(14-20-11-7-10-18-20)15(2)16-8-5-4-6-9-16;2*1-2/h4-5,7-8,10-11,15,17,19H,3,6,9,12-14H2,1-2H3;2*1-2H3. The van der Waals surface area contributed by atoms with Gasteiger partial charge in [-0.3, -0.25) is 9.40 Å². The van der Waals surface area contributed by atoms with Crippen LogP contribution in [0.3, 0.4) is 0 Å². The van der Waals surface area contributed by atoms with Crippen molar-refractivity contribution in [3.63, 3.8) is 0 Å². The van der Waals surface area contributed by atoms with Gasteiger partial charge in [0.1, 0.15) is 0 Å². The van der Waals surface area contributed by atoms with Crippen molar-refractivity contribution in [3.05, 3.63) is 42.3 Å². The highest BCUT2D eigenvalue weighted by atomic mass is 32.2. The molecule has 0 aromatic carbocycles. The Hall–Kier alpha value is -1.00. The van der Waals surface area contributed by atoms with Crippen LogP contribution in [0.5, 0.6) is 0 Å². The SMILES string of the molecule is CC.CC.CCCSNCC(Cn1cccn1)C(C)C1=CC=CCC1. The Balaban J connectivity index is 0.00000134. The van der Waals surface area contributed by atoms with Gasteiger partial charge in [0.15, 0.2) is 0 Å². The molecule has 144 valence electrons. The van der Waals surface area contributed by atoms with Crippen LogP contribution in [0, 0.1) is 11.8 Å². The van der Waals surface area contributed by atoms with E-state index in [1.165, 1.54) is 25.0 Å². The lowest BCUT2D eigenvalue weighted by molar-refractivity contribution is 0.331. The van der Waals surface area contributed by atoms with Gasteiger partial charge in [-0.15, -0.1) is 0 Å². The zero-order chi connectivity index (χ0) is 18.9. The summed E-state index contributed by atoms with van der Waals surface area (Å²) < 4.78 is 5.61. The summed E-state index contributed by atoms with van der Waals surface area (Å²) in [6, 6.07) is 2.00. The van der Waals surface area contributed by atoms with Crippen LogP contribution < -0.4 is 4.72 Å². The molecule has 1 aliphatic carbocycles. The predicted octanol–water partition coefficient (Wildman–Crippen LogP) is 6.11. The van der Waals surface area contributed by atoms with E-state index in [0.717, 1.165) is 13.1 Å². The lowest BCUT2D eigenvalue weighted by Crippen LogP contribution is -2.29. The number of rotatable bonds is 9. The summed E-state index contributed by atoms with van der Waals surface area (Å²) in [7, 11) is 0. The van der Waals surface area contributed by atoms with Gasteiger partial charge in [-0.25, -0.2) is 0 Å². The predicted molar refractivity (Wildman–Crippen MR) is 115 cm³/mol. The molecule has 1 aliphatic rings. The number of allylic oxidation sites excluding steroid dienone is 4. The van der Waals surface area contributed by atoms with Crippen LogP contribution in [0.15, 0.2) is 42.3 Å². The van der Waals surface area contributed by atoms with E-state index in [9.17, 15) is 0 Å². The fourth-order valence-electron chi connectivity index (χ4n) is 2.69. The molecule has 4 heteroatoms. The van der Waals surface area contributed by atoms with Crippen LogP contribution in [0.2, 0.25) is 0 Å². The Morgan fingerprint density at radius 2 is 2.04 bits per heavy atom. The number of hydrogen-bond donors (Lipinski definition) is 1. The van der Waals surface area contributed by atoms with E-state index in [4.69, 9.17) is 0 Å². The summed E-state index contributed by atoms with van der Waals surface area (Å²) in [5.74, 6) is 2.34. The lowest BCUT2D eigenvalue weighted by atomic mass is 9.83. The van der Waals surface area contributed by atoms with Crippen LogP contribution in [0.1, 0.15) is 60.8 Å². The van der Waals surface area contributed by atoms with Gasteiger partial charge in [0.05, 0.1) is 0 Å². The van der Waals surface area contributed by atoms with Gasteiger partial charge >= 0.3 is 0 Å².